The lowest BCUT2D eigenvalue weighted by atomic mass is 10.4. The van der Waals surface area contributed by atoms with E-state index >= 15 is 0 Å². The molecule has 2 fully saturated rings. The molecule has 2 aliphatic rings. The number of rotatable bonds is 0. The van der Waals surface area contributed by atoms with Crippen LogP contribution in [-0.2, 0) is 4.57 Å². The third-order valence-electron chi connectivity index (χ3n) is 1.91. The third-order valence-corrected chi connectivity index (χ3v) is 1.91. The number of hydrogen-bond donors (Lipinski definition) is 7. The molecule has 0 spiro atoms. The molecule has 2 saturated heterocycles. The Hall–Kier alpha value is -0.0500. The van der Waals surface area contributed by atoms with Gasteiger partial charge in [-0.05, 0) is 0 Å². The van der Waals surface area contributed by atoms with Gasteiger partial charge in [-0.3, -0.25) is 0 Å². The van der Waals surface area contributed by atoms with Gasteiger partial charge in [0, 0.05) is 52.4 Å². The van der Waals surface area contributed by atoms with Crippen molar-refractivity contribution in [3.05, 3.63) is 0 Å². The first-order valence-electron chi connectivity index (χ1n) is 5.61. The highest BCUT2D eigenvalue weighted by atomic mass is 31.2. The fraction of sp³-hybridized carbons (Fsp3) is 1.00. The first-order valence-corrected chi connectivity index (χ1v) is 7.18. The molecule has 0 aromatic carbocycles. The molecule has 0 aromatic rings. The van der Waals surface area contributed by atoms with Crippen LogP contribution in [0.15, 0.2) is 0 Å². The molecule has 0 bridgehead atoms. The summed E-state index contributed by atoms with van der Waals surface area (Å²) < 4.78 is 8.88. The maximum atomic E-state index is 8.88. The van der Waals surface area contributed by atoms with Crippen molar-refractivity contribution < 1.29 is 19.2 Å². The fourth-order valence-corrected chi connectivity index (χ4v) is 1.21. The van der Waals surface area contributed by atoms with Crippen LogP contribution in [0.5, 0.6) is 0 Å². The van der Waals surface area contributed by atoms with Crippen LogP contribution in [0.3, 0.4) is 0 Å². The highest BCUT2D eigenvalue weighted by molar-refractivity contribution is 7.45. The van der Waals surface area contributed by atoms with Crippen molar-refractivity contribution in [1.82, 2.24) is 21.3 Å². The lowest BCUT2D eigenvalue weighted by molar-refractivity contribution is 0.275. The zero-order chi connectivity index (χ0) is 13.0. The van der Waals surface area contributed by atoms with E-state index in [1.807, 2.05) is 0 Å². The molecule has 0 aromatic heterocycles. The van der Waals surface area contributed by atoms with Gasteiger partial charge in [0.05, 0.1) is 0 Å². The molecular weight excluding hydrogens is 247 g/mol. The van der Waals surface area contributed by atoms with Crippen molar-refractivity contribution in [3.8, 4) is 0 Å². The summed E-state index contributed by atoms with van der Waals surface area (Å²) in [5.74, 6) is 0. The molecule has 0 radical (unpaired) electrons. The van der Waals surface area contributed by atoms with E-state index in [1.54, 1.807) is 0 Å². The highest BCUT2D eigenvalue weighted by Gasteiger charge is 2.00. The van der Waals surface area contributed by atoms with E-state index in [2.05, 4.69) is 21.3 Å². The Morgan fingerprint density at radius 2 is 0.706 bits per heavy atom. The Balaban J connectivity index is 0.000000228. The van der Waals surface area contributed by atoms with Crippen LogP contribution in [0.25, 0.3) is 0 Å². The SMILES string of the molecule is C1CNCCN1.C1CNCCN1.O=P(O)(O)O. The van der Waals surface area contributed by atoms with Crippen molar-refractivity contribution in [2.45, 2.75) is 0 Å². The monoisotopic (exact) mass is 270 g/mol. The number of hydrogen-bond acceptors (Lipinski definition) is 5. The molecule has 104 valence electrons. The first-order chi connectivity index (χ1) is 8.00. The Bertz CT molecular complexity index is 162. The van der Waals surface area contributed by atoms with E-state index < -0.39 is 7.82 Å². The minimum absolute atomic E-state index is 1.14. The van der Waals surface area contributed by atoms with Crippen LogP contribution in [0.4, 0.5) is 0 Å². The second kappa shape index (κ2) is 11.1. The van der Waals surface area contributed by atoms with Gasteiger partial charge in [-0.15, -0.1) is 0 Å². The van der Waals surface area contributed by atoms with Gasteiger partial charge in [-0.2, -0.15) is 0 Å². The zero-order valence-electron chi connectivity index (χ0n) is 9.85. The van der Waals surface area contributed by atoms with Gasteiger partial charge in [-0.1, -0.05) is 0 Å². The Labute approximate surface area is 101 Å². The van der Waals surface area contributed by atoms with Gasteiger partial charge in [-0.25, -0.2) is 4.57 Å². The molecule has 7 N–H and O–H groups in total. The van der Waals surface area contributed by atoms with Crippen LogP contribution in [-0.4, -0.2) is 67.0 Å². The van der Waals surface area contributed by atoms with E-state index in [-0.39, 0.29) is 0 Å². The summed E-state index contributed by atoms with van der Waals surface area (Å²) in [4.78, 5) is 21.6. The minimum Gasteiger partial charge on any atom is -0.314 e. The largest absolute Gasteiger partial charge is 0.466 e. The molecule has 0 amide bonds. The van der Waals surface area contributed by atoms with Crippen LogP contribution < -0.4 is 21.3 Å². The van der Waals surface area contributed by atoms with Gasteiger partial charge in [0.2, 0.25) is 0 Å². The van der Waals surface area contributed by atoms with Crippen molar-refractivity contribution in [2.24, 2.45) is 0 Å². The third kappa shape index (κ3) is 21.7. The van der Waals surface area contributed by atoms with Gasteiger partial charge >= 0.3 is 7.82 Å². The van der Waals surface area contributed by atoms with E-state index in [4.69, 9.17) is 19.2 Å². The Morgan fingerprint density at radius 3 is 0.765 bits per heavy atom. The van der Waals surface area contributed by atoms with Crippen LogP contribution in [0.2, 0.25) is 0 Å². The molecule has 2 rings (SSSR count). The molecule has 2 aliphatic heterocycles. The first kappa shape index (κ1) is 16.9. The molecular formula is C8H23N4O4P. The molecule has 8 nitrogen and oxygen atoms in total. The van der Waals surface area contributed by atoms with Crippen LogP contribution in [0, 0.1) is 0 Å². The molecule has 0 unspecified atom stereocenters. The lowest BCUT2D eigenvalue weighted by Gasteiger charge is -2.11. The normalized spacial score (nSPS) is 20.4. The molecule has 9 heteroatoms. The number of piperazine rings is 2. The summed E-state index contributed by atoms with van der Waals surface area (Å²) in [6.07, 6.45) is 0. The average Bonchev–Trinajstić information content (AvgIpc) is 2.32. The summed E-state index contributed by atoms with van der Waals surface area (Å²) in [5.41, 5.74) is 0. The Kier molecular flexibility index (Phi) is 11.0. The Morgan fingerprint density at radius 1 is 0.588 bits per heavy atom. The lowest BCUT2D eigenvalue weighted by Crippen LogP contribution is -2.39. The quantitative estimate of drug-likeness (QED) is 0.239. The van der Waals surface area contributed by atoms with Crippen molar-refractivity contribution >= 4 is 7.82 Å². The summed E-state index contributed by atoms with van der Waals surface area (Å²) in [6.45, 7) is 9.11. The summed E-state index contributed by atoms with van der Waals surface area (Å²) >= 11 is 0. The van der Waals surface area contributed by atoms with Gasteiger partial charge in [0.1, 0.15) is 0 Å². The average molecular weight is 270 g/mol. The van der Waals surface area contributed by atoms with Crippen molar-refractivity contribution in [1.29, 1.82) is 0 Å². The maximum absolute atomic E-state index is 8.88. The summed E-state index contributed by atoms with van der Waals surface area (Å²) in [6, 6.07) is 0. The molecule has 2 heterocycles. The summed E-state index contributed by atoms with van der Waals surface area (Å²) in [7, 11) is -4.64. The second-order valence-corrected chi connectivity index (χ2v) is 4.54. The summed E-state index contributed by atoms with van der Waals surface area (Å²) in [5, 5.41) is 12.9. The smallest absolute Gasteiger partial charge is 0.314 e. The zero-order valence-corrected chi connectivity index (χ0v) is 10.7. The van der Waals surface area contributed by atoms with Crippen LogP contribution in [0.1, 0.15) is 0 Å². The van der Waals surface area contributed by atoms with E-state index in [0.717, 1.165) is 52.4 Å². The topological polar surface area (TPSA) is 126 Å². The molecule has 0 atom stereocenters. The van der Waals surface area contributed by atoms with Gasteiger partial charge < -0.3 is 35.9 Å². The fourth-order valence-electron chi connectivity index (χ4n) is 1.21. The van der Waals surface area contributed by atoms with Gasteiger partial charge in [0.15, 0.2) is 0 Å². The maximum Gasteiger partial charge on any atom is 0.466 e. The minimum atomic E-state index is -4.64. The second-order valence-electron chi connectivity index (χ2n) is 3.51. The standard InChI is InChI=1S/2C4H10N2.H3O4P/c2*1-2-6-4-3-5-1;1-5(2,3)4/h2*5-6H,1-4H2;(H3,1,2,3,4). The van der Waals surface area contributed by atoms with Crippen LogP contribution >= 0.6 is 7.82 Å². The number of nitrogens with one attached hydrogen (secondary N) is 4. The predicted molar refractivity (Wildman–Crippen MR) is 65.7 cm³/mol. The van der Waals surface area contributed by atoms with Crippen molar-refractivity contribution in [2.75, 3.05) is 52.4 Å². The predicted octanol–water partition coefficient (Wildman–Crippen LogP) is -2.57. The van der Waals surface area contributed by atoms with E-state index in [9.17, 15) is 0 Å². The molecule has 17 heavy (non-hydrogen) atoms. The number of phosphoric acid groups is 1. The van der Waals surface area contributed by atoms with Gasteiger partial charge in [0.25, 0.3) is 0 Å². The van der Waals surface area contributed by atoms with E-state index in [0.29, 0.717) is 0 Å². The van der Waals surface area contributed by atoms with E-state index in [1.165, 1.54) is 0 Å². The highest BCUT2D eigenvalue weighted by Crippen LogP contribution is 2.25. The molecule has 0 saturated carbocycles. The van der Waals surface area contributed by atoms with Crippen molar-refractivity contribution in [3.63, 3.8) is 0 Å². The molecule has 0 aliphatic carbocycles.